The molecule has 0 saturated heterocycles. The van der Waals surface area contributed by atoms with Crippen LogP contribution in [0.2, 0.25) is 5.02 Å². The average molecular weight is 387 g/mol. The number of Topliss-reactive ketones (excluding diaryl/α,β-unsaturated/α-hetero) is 1. The number of benzene rings is 2. The van der Waals surface area contributed by atoms with Crippen molar-refractivity contribution in [3.8, 4) is 5.75 Å². The van der Waals surface area contributed by atoms with Crippen molar-refractivity contribution >= 4 is 40.0 Å². The van der Waals surface area contributed by atoms with Gasteiger partial charge in [0.25, 0.3) is 0 Å². The highest BCUT2D eigenvalue weighted by Crippen LogP contribution is 2.17. The van der Waals surface area contributed by atoms with Crippen LogP contribution in [0.3, 0.4) is 0 Å². The summed E-state index contributed by atoms with van der Waals surface area (Å²) in [6.07, 6.45) is 0.386. The van der Waals surface area contributed by atoms with Gasteiger partial charge in [-0.05, 0) is 58.5 Å². The summed E-state index contributed by atoms with van der Waals surface area (Å²) in [5.41, 5.74) is 1.00. The first-order valence-corrected chi connectivity index (χ1v) is 7.23. The smallest absolute Gasteiger partial charge is 0.174 e. The van der Waals surface area contributed by atoms with E-state index in [0.717, 1.165) is 9.13 Å². The van der Waals surface area contributed by atoms with Gasteiger partial charge in [-0.15, -0.1) is 0 Å². The van der Waals surface area contributed by atoms with E-state index in [4.69, 9.17) is 16.3 Å². The maximum Gasteiger partial charge on any atom is 0.174 e. The molecular formula is C15H12ClIO2. The first-order chi connectivity index (χ1) is 9.13. The Morgan fingerprint density at radius 2 is 1.89 bits per heavy atom. The Kier molecular flexibility index (Phi) is 5.22. The number of hydrogen-bond donors (Lipinski definition) is 0. The van der Waals surface area contributed by atoms with Crippen LogP contribution in [-0.4, -0.2) is 12.4 Å². The molecule has 0 unspecified atom stereocenters. The molecule has 2 rings (SSSR count). The van der Waals surface area contributed by atoms with E-state index in [1.54, 1.807) is 24.3 Å². The highest BCUT2D eigenvalue weighted by atomic mass is 127. The largest absolute Gasteiger partial charge is 0.486 e. The molecule has 0 aliphatic heterocycles. The monoisotopic (exact) mass is 386 g/mol. The highest BCUT2D eigenvalue weighted by molar-refractivity contribution is 14.1. The third kappa shape index (κ3) is 4.84. The van der Waals surface area contributed by atoms with E-state index in [0.29, 0.717) is 17.2 Å². The number of ether oxygens (including phenoxy) is 1. The lowest BCUT2D eigenvalue weighted by Crippen LogP contribution is -2.13. The third-order valence-electron chi connectivity index (χ3n) is 2.51. The zero-order chi connectivity index (χ0) is 13.7. The summed E-state index contributed by atoms with van der Waals surface area (Å²) >= 11 is 8.07. The molecule has 0 atom stereocenters. The molecule has 0 aliphatic carbocycles. The normalized spacial score (nSPS) is 10.2. The number of carbonyl (C=O) groups is 1. The maximum atomic E-state index is 11.8. The van der Waals surface area contributed by atoms with Gasteiger partial charge in [0.1, 0.15) is 12.4 Å². The molecule has 2 nitrogen and oxygen atoms in total. The van der Waals surface area contributed by atoms with Gasteiger partial charge in [-0.2, -0.15) is 0 Å². The van der Waals surface area contributed by atoms with Crippen molar-refractivity contribution in [2.75, 3.05) is 6.61 Å². The minimum atomic E-state index is 0.0428. The highest BCUT2D eigenvalue weighted by Gasteiger charge is 2.05. The number of hydrogen-bond acceptors (Lipinski definition) is 2. The van der Waals surface area contributed by atoms with Gasteiger partial charge in [-0.3, -0.25) is 4.79 Å². The quantitative estimate of drug-likeness (QED) is 0.722. The van der Waals surface area contributed by atoms with Gasteiger partial charge in [0.2, 0.25) is 0 Å². The van der Waals surface area contributed by atoms with Crippen molar-refractivity contribution in [1.29, 1.82) is 0 Å². The SMILES string of the molecule is O=C(COc1cccc(Cl)c1)Cc1ccc(I)cc1. The zero-order valence-corrected chi connectivity index (χ0v) is 13.0. The van der Waals surface area contributed by atoms with Crippen molar-refractivity contribution in [2.24, 2.45) is 0 Å². The summed E-state index contributed by atoms with van der Waals surface area (Å²) in [6, 6.07) is 14.9. The maximum absolute atomic E-state index is 11.8. The van der Waals surface area contributed by atoms with Crippen LogP contribution in [0.1, 0.15) is 5.56 Å². The average Bonchev–Trinajstić information content (AvgIpc) is 2.39. The molecule has 0 radical (unpaired) electrons. The summed E-state index contributed by atoms with van der Waals surface area (Å²) in [5, 5.41) is 0.600. The van der Waals surface area contributed by atoms with Gasteiger partial charge < -0.3 is 4.74 Å². The van der Waals surface area contributed by atoms with Crippen molar-refractivity contribution < 1.29 is 9.53 Å². The van der Waals surface area contributed by atoms with E-state index in [1.165, 1.54) is 0 Å². The Morgan fingerprint density at radius 3 is 2.58 bits per heavy atom. The van der Waals surface area contributed by atoms with Gasteiger partial charge in [0.05, 0.1) is 0 Å². The summed E-state index contributed by atoms with van der Waals surface area (Å²) < 4.78 is 6.57. The molecule has 0 N–H and O–H groups in total. The Labute approximate surface area is 130 Å². The van der Waals surface area contributed by atoms with Crippen molar-refractivity contribution in [1.82, 2.24) is 0 Å². The Hall–Kier alpha value is -1.07. The lowest BCUT2D eigenvalue weighted by molar-refractivity contribution is -0.120. The number of halogens is 2. The molecule has 0 saturated carbocycles. The van der Waals surface area contributed by atoms with E-state index in [-0.39, 0.29) is 12.4 Å². The van der Waals surface area contributed by atoms with Crippen molar-refractivity contribution in [3.63, 3.8) is 0 Å². The van der Waals surface area contributed by atoms with Gasteiger partial charge in [0.15, 0.2) is 5.78 Å². The Balaban J connectivity index is 1.86. The molecule has 0 heterocycles. The zero-order valence-electron chi connectivity index (χ0n) is 10.1. The van der Waals surface area contributed by atoms with Crippen molar-refractivity contribution in [3.05, 3.63) is 62.7 Å². The molecule has 0 bridgehead atoms. The van der Waals surface area contributed by atoms with Crippen LogP contribution in [0.4, 0.5) is 0 Å². The van der Waals surface area contributed by atoms with Crippen LogP contribution < -0.4 is 4.74 Å². The van der Waals surface area contributed by atoms with Crippen LogP contribution in [0, 0.1) is 3.57 Å². The predicted molar refractivity (Wildman–Crippen MR) is 84.8 cm³/mol. The lowest BCUT2D eigenvalue weighted by Gasteiger charge is -2.06. The van der Waals surface area contributed by atoms with Crippen LogP contribution >= 0.6 is 34.2 Å². The van der Waals surface area contributed by atoms with Gasteiger partial charge in [-0.25, -0.2) is 0 Å². The fourth-order valence-electron chi connectivity index (χ4n) is 1.60. The van der Waals surface area contributed by atoms with Gasteiger partial charge in [0, 0.05) is 15.0 Å². The Morgan fingerprint density at radius 1 is 1.16 bits per heavy atom. The molecule has 0 aromatic heterocycles. The second-order valence-corrected chi connectivity index (χ2v) is 5.77. The fourth-order valence-corrected chi connectivity index (χ4v) is 2.14. The van der Waals surface area contributed by atoms with Gasteiger partial charge in [-0.1, -0.05) is 29.8 Å². The molecule has 98 valence electrons. The Bertz CT molecular complexity index is 567. The van der Waals surface area contributed by atoms with Crippen LogP contribution in [-0.2, 0) is 11.2 Å². The molecule has 0 aliphatic rings. The first kappa shape index (κ1) is 14.3. The second kappa shape index (κ2) is 6.91. The van der Waals surface area contributed by atoms with E-state index in [1.807, 2.05) is 24.3 Å². The van der Waals surface area contributed by atoms with Crippen molar-refractivity contribution in [2.45, 2.75) is 6.42 Å². The standard InChI is InChI=1S/C15H12ClIO2/c16-12-2-1-3-15(9-12)19-10-14(18)8-11-4-6-13(17)7-5-11/h1-7,9H,8,10H2. The lowest BCUT2D eigenvalue weighted by atomic mass is 10.1. The minimum absolute atomic E-state index is 0.0428. The topological polar surface area (TPSA) is 26.3 Å². The molecule has 0 amide bonds. The van der Waals surface area contributed by atoms with Crippen LogP contribution in [0.25, 0.3) is 0 Å². The minimum Gasteiger partial charge on any atom is -0.486 e. The molecule has 0 spiro atoms. The molecular weight excluding hydrogens is 375 g/mol. The summed E-state index contributed by atoms with van der Waals surface area (Å²) in [5.74, 6) is 0.657. The molecule has 0 fully saturated rings. The van der Waals surface area contributed by atoms with E-state index < -0.39 is 0 Å². The molecule has 2 aromatic rings. The third-order valence-corrected chi connectivity index (χ3v) is 3.46. The van der Waals surface area contributed by atoms with Crippen LogP contribution in [0.15, 0.2) is 48.5 Å². The van der Waals surface area contributed by atoms with E-state index >= 15 is 0 Å². The number of rotatable bonds is 5. The fraction of sp³-hybridized carbons (Fsp3) is 0.133. The van der Waals surface area contributed by atoms with E-state index in [2.05, 4.69) is 22.6 Å². The molecule has 19 heavy (non-hydrogen) atoms. The van der Waals surface area contributed by atoms with Crippen LogP contribution in [0.5, 0.6) is 5.75 Å². The molecule has 2 aromatic carbocycles. The first-order valence-electron chi connectivity index (χ1n) is 5.78. The number of ketones is 1. The summed E-state index contributed by atoms with van der Waals surface area (Å²) in [7, 11) is 0. The van der Waals surface area contributed by atoms with Gasteiger partial charge >= 0.3 is 0 Å². The summed E-state index contributed by atoms with van der Waals surface area (Å²) in [6.45, 7) is 0.0618. The predicted octanol–water partition coefficient (Wildman–Crippen LogP) is 4.14. The summed E-state index contributed by atoms with van der Waals surface area (Å²) in [4.78, 5) is 11.8. The number of carbonyl (C=O) groups excluding carboxylic acids is 1. The molecule has 4 heteroatoms. The second-order valence-electron chi connectivity index (χ2n) is 4.09. The van der Waals surface area contributed by atoms with E-state index in [9.17, 15) is 4.79 Å².